The molecule has 37 heavy (non-hydrogen) atoms. The number of benzene rings is 2. The molecule has 3 aromatic rings. The van der Waals surface area contributed by atoms with Gasteiger partial charge in [-0.05, 0) is 69.6 Å². The Bertz CT molecular complexity index is 1280. The fourth-order valence-electron chi connectivity index (χ4n) is 5.37. The molecule has 2 saturated heterocycles. The van der Waals surface area contributed by atoms with Crippen LogP contribution >= 0.6 is 0 Å². The maximum Gasteiger partial charge on any atom is 0.336 e. The molecule has 2 aromatic carbocycles. The Labute approximate surface area is 216 Å². The van der Waals surface area contributed by atoms with Gasteiger partial charge in [0.15, 0.2) is 0 Å². The minimum Gasteiger partial charge on any atom is -0.507 e. The Morgan fingerprint density at radius 3 is 2.14 bits per heavy atom. The smallest absolute Gasteiger partial charge is 0.336 e. The van der Waals surface area contributed by atoms with Crippen LogP contribution in [-0.4, -0.2) is 54.2 Å². The normalized spacial score (nSPS) is 16.5. The maximum atomic E-state index is 12.9. The summed E-state index contributed by atoms with van der Waals surface area (Å²) < 4.78 is 16.1. The summed E-state index contributed by atoms with van der Waals surface area (Å²) in [6.45, 7) is 5.42. The number of esters is 1. The van der Waals surface area contributed by atoms with Gasteiger partial charge < -0.3 is 19.0 Å². The van der Waals surface area contributed by atoms with Crippen LogP contribution in [0, 0.1) is 0 Å². The molecule has 2 fully saturated rings. The summed E-state index contributed by atoms with van der Waals surface area (Å²) in [6, 6.07) is 10.4. The van der Waals surface area contributed by atoms with Crippen molar-refractivity contribution in [1.82, 2.24) is 9.80 Å². The van der Waals surface area contributed by atoms with E-state index in [0.717, 1.165) is 42.9 Å². The van der Waals surface area contributed by atoms with Gasteiger partial charge in [-0.1, -0.05) is 12.1 Å². The number of carbonyl (C=O) groups excluding carboxylic acids is 1. The average Bonchev–Trinajstić information content (AvgIpc) is 3.59. The molecular formula is C29H34N2O6. The molecule has 3 heterocycles. The Hall–Kier alpha value is -3.36. The van der Waals surface area contributed by atoms with E-state index in [-0.39, 0.29) is 19.0 Å². The molecule has 0 radical (unpaired) electrons. The zero-order chi connectivity index (χ0) is 25.8. The van der Waals surface area contributed by atoms with Crippen molar-refractivity contribution in [2.24, 2.45) is 0 Å². The SMILES string of the molecule is COc1ccc2c(COC(=O)Cc3cc(CN4CCCC4)c(O)c(CN4CCCC4)c3)cc(=O)oc2c1. The van der Waals surface area contributed by atoms with Crippen molar-refractivity contribution in [1.29, 1.82) is 0 Å². The van der Waals surface area contributed by atoms with Crippen molar-refractivity contribution >= 4 is 16.9 Å². The molecule has 2 aliphatic heterocycles. The Kier molecular flexibility index (Phi) is 7.76. The van der Waals surface area contributed by atoms with Crippen LogP contribution in [0.4, 0.5) is 0 Å². The summed E-state index contributed by atoms with van der Waals surface area (Å²) in [7, 11) is 1.54. The molecule has 0 unspecified atom stereocenters. The molecule has 0 spiro atoms. The predicted molar refractivity (Wildman–Crippen MR) is 140 cm³/mol. The van der Waals surface area contributed by atoms with Crippen LogP contribution in [-0.2, 0) is 35.6 Å². The molecule has 8 nitrogen and oxygen atoms in total. The molecule has 0 saturated carbocycles. The number of hydrogen-bond donors (Lipinski definition) is 1. The summed E-state index contributed by atoms with van der Waals surface area (Å²) >= 11 is 0. The Morgan fingerprint density at radius 1 is 0.919 bits per heavy atom. The van der Waals surface area contributed by atoms with Crippen LogP contribution in [0.3, 0.4) is 0 Å². The topological polar surface area (TPSA) is 92.5 Å². The molecule has 8 heteroatoms. The van der Waals surface area contributed by atoms with Crippen LogP contribution in [0.25, 0.3) is 11.0 Å². The zero-order valence-electron chi connectivity index (χ0n) is 21.3. The molecule has 196 valence electrons. The second kappa shape index (κ2) is 11.4. The second-order valence-corrected chi connectivity index (χ2v) is 10.0. The average molecular weight is 507 g/mol. The molecule has 0 bridgehead atoms. The van der Waals surface area contributed by atoms with Crippen molar-refractivity contribution in [3.05, 3.63) is 69.1 Å². The molecule has 2 aliphatic rings. The van der Waals surface area contributed by atoms with Crippen molar-refractivity contribution in [2.45, 2.75) is 51.8 Å². The quantitative estimate of drug-likeness (QED) is 0.344. The first-order valence-electron chi connectivity index (χ1n) is 13.0. The summed E-state index contributed by atoms with van der Waals surface area (Å²) in [5.74, 6) is 0.528. The Morgan fingerprint density at radius 2 is 1.54 bits per heavy atom. The number of carbonyl (C=O) groups is 1. The highest BCUT2D eigenvalue weighted by Crippen LogP contribution is 2.30. The van der Waals surface area contributed by atoms with Gasteiger partial charge in [0, 0.05) is 47.3 Å². The number of nitrogens with zero attached hydrogens (tertiary/aromatic N) is 2. The lowest BCUT2D eigenvalue weighted by molar-refractivity contribution is -0.144. The number of ether oxygens (including phenoxy) is 2. The largest absolute Gasteiger partial charge is 0.507 e. The number of rotatable bonds is 9. The molecular weight excluding hydrogens is 472 g/mol. The minimum atomic E-state index is -0.511. The van der Waals surface area contributed by atoms with Crippen molar-refractivity contribution in [2.75, 3.05) is 33.3 Å². The van der Waals surface area contributed by atoms with E-state index in [0.29, 0.717) is 41.1 Å². The number of aromatic hydroxyl groups is 1. The van der Waals surface area contributed by atoms with E-state index in [1.54, 1.807) is 25.3 Å². The highest BCUT2D eigenvalue weighted by atomic mass is 16.5. The van der Waals surface area contributed by atoms with Crippen LogP contribution in [0.1, 0.15) is 47.9 Å². The molecule has 1 aromatic heterocycles. The number of methoxy groups -OCH3 is 1. The lowest BCUT2D eigenvalue weighted by Crippen LogP contribution is -2.21. The van der Waals surface area contributed by atoms with Crippen molar-refractivity contribution < 1.29 is 23.8 Å². The monoisotopic (exact) mass is 506 g/mol. The van der Waals surface area contributed by atoms with Crippen LogP contribution in [0.2, 0.25) is 0 Å². The lowest BCUT2D eigenvalue weighted by atomic mass is 10.0. The number of fused-ring (bicyclic) bond motifs is 1. The first kappa shape index (κ1) is 25.3. The van der Waals surface area contributed by atoms with E-state index < -0.39 is 5.63 Å². The molecule has 0 atom stereocenters. The third-order valence-corrected chi connectivity index (χ3v) is 7.29. The number of phenolic OH excluding ortho intramolecular Hbond substituents is 1. The van der Waals surface area contributed by atoms with Crippen LogP contribution in [0.15, 0.2) is 45.6 Å². The highest BCUT2D eigenvalue weighted by molar-refractivity contribution is 5.82. The third kappa shape index (κ3) is 6.14. The van der Waals surface area contributed by atoms with Gasteiger partial charge in [0.2, 0.25) is 0 Å². The Balaban J connectivity index is 1.32. The van der Waals surface area contributed by atoms with Crippen LogP contribution in [0.5, 0.6) is 11.5 Å². The van der Waals surface area contributed by atoms with E-state index in [1.165, 1.54) is 31.7 Å². The minimum absolute atomic E-state index is 0.0351. The number of phenols is 1. The van der Waals surface area contributed by atoms with Gasteiger partial charge in [0.25, 0.3) is 0 Å². The molecule has 0 aliphatic carbocycles. The van der Waals surface area contributed by atoms with E-state index in [1.807, 2.05) is 12.1 Å². The van der Waals surface area contributed by atoms with E-state index in [4.69, 9.17) is 13.9 Å². The van der Waals surface area contributed by atoms with Crippen LogP contribution < -0.4 is 10.4 Å². The van der Waals surface area contributed by atoms with Crippen molar-refractivity contribution in [3.63, 3.8) is 0 Å². The standard InChI is InChI=1S/C29H34N2O6/c1-35-24-6-7-25-23(15-28(33)37-26(25)16-24)19-36-27(32)14-20-12-21(17-30-8-2-3-9-30)29(34)22(13-20)18-31-10-4-5-11-31/h6-7,12-13,15-16,34H,2-5,8-11,14,17-19H2,1H3. The number of hydrogen-bond acceptors (Lipinski definition) is 8. The second-order valence-electron chi connectivity index (χ2n) is 10.0. The van der Waals surface area contributed by atoms with E-state index in [9.17, 15) is 14.7 Å². The lowest BCUT2D eigenvalue weighted by Gasteiger charge is -2.21. The summed E-state index contributed by atoms with van der Waals surface area (Å²) in [5, 5.41) is 11.8. The molecule has 5 rings (SSSR count). The fraction of sp³-hybridized carbons (Fsp3) is 0.448. The predicted octanol–water partition coefficient (Wildman–Crippen LogP) is 3.98. The molecule has 0 amide bonds. The van der Waals surface area contributed by atoms with E-state index in [2.05, 4.69) is 9.80 Å². The van der Waals surface area contributed by atoms with Gasteiger partial charge in [-0.2, -0.15) is 0 Å². The first-order chi connectivity index (χ1) is 18.0. The zero-order valence-corrected chi connectivity index (χ0v) is 21.3. The molecule has 1 N–H and O–H groups in total. The summed E-state index contributed by atoms with van der Waals surface area (Å²) in [6.07, 6.45) is 4.78. The maximum absolute atomic E-state index is 12.9. The fourth-order valence-corrected chi connectivity index (χ4v) is 5.37. The number of likely N-dealkylation sites (tertiary alicyclic amines) is 2. The van der Waals surface area contributed by atoms with Gasteiger partial charge in [0.05, 0.1) is 13.5 Å². The summed E-state index contributed by atoms with van der Waals surface area (Å²) in [4.78, 5) is 29.6. The van der Waals surface area contributed by atoms with Gasteiger partial charge in [0.1, 0.15) is 23.7 Å². The summed E-state index contributed by atoms with van der Waals surface area (Å²) in [5.41, 5.74) is 3.01. The van der Waals surface area contributed by atoms with Gasteiger partial charge in [-0.25, -0.2) is 4.79 Å². The van der Waals surface area contributed by atoms with Gasteiger partial charge >= 0.3 is 11.6 Å². The van der Waals surface area contributed by atoms with E-state index >= 15 is 0 Å². The first-order valence-corrected chi connectivity index (χ1v) is 13.0. The third-order valence-electron chi connectivity index (χ3n) is 7.29. The van der Waals surface area contributed by atoms with Crippen molar-refractivity contribution in [3.8, 4) is 11.5 Å². The van der Waals surface area contributed by atoms with Gasteiger partial charge in [-0.15, -0.1) is 0 Å². The van der Waals surface area contributed by atoms with Gasteiger partial charge in [-0.3, -0.25) is 14.6 Å². The highest BCUT2D eigenvalue weighted by Gasteiger charge is 2.20.